The molecule has 0 saturated heterocycles. The minimum Gasteiger partial charge on any atom is -0.384 e. The van der Waals surface area contributed by atoms with Gasteiger partial charge in [0.05, 0.1) is 0 Å². The van der Waals surface area contributed by atoms with E-state index in [2.05, 4.69) is 75.4 Å². The highest BCUT2D eigenvalue weighted by Crippen LogP contribution is 2.30. The van der Waals surface area contributed by atoms with Crippen LogP contribution >= 0.6 is 0 Å². The van der Waals surface area contributed by atoms with Gasteiger partial charge in [-0.2, -0.15) is 0 Å². The fourth-order valence-corrected chi connectivity index (χ4v) is 2.79. The van der Waals surface area contributed by atoms with E-state index in [4.69, 9.17) is 0 Å². The molecule has 122 valence electrons. The van der Waals surface area contributed by atoms with E-state index in [1.165, 1.54) is 0 Å². The van der Waals surface area contributed by atoms with Crippen molar-refractivity contribution in [1.29, 1.82) is 0 Å². The fourth-order valence-electron chi connectivity index (χ4n) is 1.68. The highest BCUT2D eigenvalue weighted by Gasteiger charge is 2.46. The molecule has 2 nitrogen and oxygen atoms in total. The van der Waals surface area contributed by atoms with Crippen molar-refractivity contribution in [3.8, 4) is 22.9 Å². The van der Waals surface area contributed by atoms with Crippen LogP contribution in [0.2, 0.25) is 39.3 Å². The summed E-state index contributed by atoms with van der Waals surface area (Å²) in [6, 6.07) is 0. The average molecular weight is 335 g/mol. The number of aliphatic hydroxyl groups is 2. The van der Waals surface area contributed by atoms with Crippen LogP contribution in [-0.4, -0.2) is 37.6 Å². The molecule has 0 rings (SSSR count). The second kappa shape index (κ2) is 7.48. The summed E-state index contributed by atoms with van der Waals surface area (Å²) >= 11 is 0. The van der Waals surface area contributed by atoms with Crippen molar-refractivity contribution in [1.82, 2.24) is 0 Å². The van der Waals surface area contributed by atoms with Gasteiger partial charge in [0, 0.05) is 0 Å². The topological polar surface area (TPSA) is 40.5 Å². The quantitative estimate of drug-likeness (QED) is 0.460. The van der Waals surface area contributed by atoms with Crippen molar-refractivity contribution < 1.29 is 10.2 Å². The van der Waals surface area contributed by atoms with E-state index >= 15 is 0 Å². The summed E-state index contributed by atoms with van der Waals surface area (Å²) in [5.41, 5.74) is 3.03. The maximum atomic E-state index is 11.1. The van der Waals surface area contributed by atoms with Gasteiger partial charge in [-0.15, -0.1) is 24.2 Å². The third-order valence-corrected chi connectivity index (χ3v) is 4.62. The molecular weight excluding hydrogens is 304 g/mol. The van der Waals surface area contributed by atoms with Gasteiger partial charge >= 0.3 is 0 Å². The molecule has 0 amide bonds. The Hall–Kier alpha value is -1.05. The molecule has 0 aromatic heterocycles. The molecule has 0 aliphatic carbocycles. The third-order valence-electron chi connectivity index (χ3n) is 2.87. The van der Waals surface area contributed by atoms with Crippen molar-refractivity contribution in [3.63, 3.8) is 0 Å². The van der Waals surface area contributed by atoms with Crippen molar-refractivity contribution in [2.24, 2.45) is 0 Å². The van der Waals surface area contributed by atoms with Gasteiger partial charge in [-0.25, -0.2) is 0 Å². The first-order valence-electron chi connectivity index (χ1n) is 7.54. The highest BCUT2D eigenvalue weighted by atomic mass is 28.3. The number of hydrogen-bond acceptors (Lipinski definition) is 2. The molecule has 0 atom stereocenters. The first kappa shape index (κ1) is 21.0. The number of hydrogen-bond donors (Lipinski definition) is 2. The van der Waals surface area contributed by atoms with Crippen molar-refractivity contribution >= 4 is 16.1 Å². The van der Waals surface area contributed by atoms with Crippen LogP contribution in [0.1, 0.15) is 12.8 Å². The lowest BCUT2D eigenvalue weighted by atomic mass is 9.79. The van der Waals surface area contributed by atoms with E-state index in [9.17, 15) is 10.2 Å². The molecule has 0 heterocycles. The summed E-state index contributed by atoms with van der Waals surface area (Å²) in [4.78, 5) is 0. The van der Waals surface area contributed by atoms with Crippen molar-refractivity contribution in [2.75, 3.05) is 0 Å². The molecule has 0 bridgehead atoms. The van der Waals surface area contributed by atoms with Crippen molar-refractivity contribution in [3.05, 3.63) is 25.3 Å². The normalized spacial score (nSPS) is 12.5. The predicted octanol–water partition coefficient (Wildman–Crippen LogP) is 3.36. The molecule has 4 heteroatoms. The predicted molar refractivity (Wildman–Crippen MR) is 102 cm³/mol. The van der Waals surface area contributed by atoms with Crippen LogP contribution in [0, 0.1) is 22.9 Å². The minimum absolute atomic E-state index is 0.205. The van der Waals surface area contributed by atoms with Crippen LogP contribution in [0.15, 0.2) is 25.3 Å². The van der Waals surface area contributed by atoms with E-state index in [0.717, 1.165) is 0 Å². The molecule has 0 aromatic rings. The molecule has 0 fully saturated rings. The zero-order valence-electron chi connectivity index (χ0n) is 14.9. The summed E-state index contributed by atoms with van der Waals surface area (Å²) in [7, 11) is -3.41. The smallest absolute Gasteiger partial charge is 0.216 e. The maximum absolute atomic E-state index is 11.1. The molecule has 0 aliphatic rings. The second-order valence-corrected chi connectivity index (χ2v) is 17.2. The van der Waals surface area contributed by atoms with Crippen LogP contribution in [0.4, 0.5) is 0 Å². The molecule has 0 unspecified atom stereocenters. The van der Waals surface area contributed by atoms with Gasteiger partial charge in [-0.05, 0) is 12.8 Å². The Morgan fingerprint density at radius 2 is 1.14 bits per heavy atom. The third kappa shape index (κ3) is 6.81. The van der Waals surface area contributed by atoms with Gasteiger partial charge in [-0.1, -0.05) is 63.3 Å². The zero-order chi connectivity index (χ0) is 17.7. The Kier molecular flexibility index (Phi) is 7.13. The van der Waals surface area contributed by atoms with Gasteiger partial charge < -0.3 is 10.2 Å². The summed E-state index contributed by atoms with van der Waals surface area (Å²) in [5, 5.41) is 22.0. The molecule has 0 radical (unpaired) electrons. The summed E-state index contributed by atoms with van der Waals surface area (Å²) in [6.45, 7) is 19.9. The number of rotatable bonds is 5. The Labute approximate surface area is 138 Å². The maximum Gasteiger partial charge on any atom is 0.216 e. The molecule has 0 aromatic carbocycles. The summed E-state index contributed by atoms with van der Waals surface area (Å²) in [6.07, 6.45) is 3.58. The van der Waals surface area contributed by atoms with Gasteiger partial charge in [0.15, 0.2) is 0 Å². The Morgan fingerprint density at radius 1 is 0.818 bits per heavy atom. The Bertz CT molecular complexity index is 486. The lowest BCUT2D eigenvalue weighted by Crippen LogP contribution is -2.52. The summed E-state index contributed by atoms with van der Waals surface area (Å²) in [5.74, 6) is 5.78. The first-order chi connectivity index (χ1) is 9.79. The van der Waals surface area contributed by atoms with Gasteiger partial charge in [-0.3, -0.25) is 0 Å². The van der Waals surface area contributed by atoms with E-state index in [1.54, 1.807) is 12.2 Å². The van der Waals surface area contributed by atoms with E-state index in [-0.39, 0.29) is 12.8 Å². The second-order valence-electron chi connectivity index (χ2n) is 7.73. The standard InChI is InChI=1S/C18H30O2Si2/c1-9-11-17(19,12-10-2)18(20,13-15-21(3,4)5)14-16-22(6,7)8/h9-10,19-20H,1-2,11-12H2,3-8H3. The largest absolute Gasteiger partial charge is 0.384 e. The van der Waals surface area contributed by atoms with Crippen molar-refractivity contribution in [2.45, 2.75) is 63.3 Å². The molecule has 0 aliphatic heterocycles. The zero-order valence-corrected chi connectivity index (χ0v) is 16.9. The van der Waals surface area contributed by atoms with Gasteiger partial charge in [0.1, 0.15) is 21.7 Å². The van der Waals surface area contributed by atoms with Crippen LogP contribution in [0.3, 0.4) is 0 Å². The van der Waals surface area contributed by atoms with Gasteiger partial charge in [0.2, 0.25) is 5.60 Å². The Morgan fingerprint density at radius 3 is 1.36 bits per heavy atom. The molecular formula is C18H30O2Si2. The SMILES string of the molecule is C=CCC(O)(CC=C)C(O)(C#C[Si](C)(C)C)C#C[Si](C)(C)C. The van der Waals surface area contributed by atoms with E-state index in [0.29, 0.717) is 0 Å². The summed E-state index contributed by atoms with van der Waals surface area (Å²) < 4.78 is 0. The first-order valence-corrected chi connectivity index (χ1v) is 14.5. The lowest BCUT2D eigenvalue weighted by Gasteiger charge is -2.36. The molecule has 22 heavy (non-hydrogen) atoms. The van der Waals surface area contributed by atoms with Crippen LogP contribution in [0.5, 0.6) is 0 Å². The monoisotopic (exact) mass is 334 g/mol. The van der Waals surface area contributed by atoms with Crippen LogP contribution in [-0.2, 0) is 0 Å². The van der Waals surface area contributed by atoms with Crippen LogP contribution < -0.4 is 0 Å². The fraction of sp³-hybridized carbons (Fsp3) is 0.556. The lowest BCUT2D eigenvalue weighted by molar-refractivity contribution is -0.0811. The van der Waals surface area contributed by atoms with Gasteiger partial charge in [0.25, 0.3) is 0 Å². The van der Waals surface area contributed by atoms with Crippen LogP contribution in [0.25, 0.3) is 0 Å². The average Bonchev–Trinajstić information content (AvgIpc) is 2.32. The Balaban J connectivity index is 6.15. The molecule has 0 spiro atoms. The van der Waals surface area contributed by atoms with E-state index < -0.39 is 27.3 Å². The minimum atomic E-state index is -1.77. The highest BCUT2D eigenvalue weighted by molar-refractivity contribution is 6.84. The molecule has 0 saturated carbocycles. The molecule has 2 N–H and O–H groups in total. The van der Waals surface area contributed by atoms with E-state index in [1.807, 2.05) is 0 Å².